The first-order valence-electron chi connectivity index (χ1n) is 3.43. The number of rotatable bonds is 0. The molecule has 0 aliphatic heterocycles. The number of hydrogen-bond acceptors (Lipinski definition) is 0. The molecule has 0 amide bonds. The Morgan fingerprint density at radius 3 is 2.50 bits per heavy atom. The molecule has 0 heterocycles. The lowest BCUT2D eigenvalue weighted by Gasteiger charge is -2.20. The van der Waals surface area contributed by atoms with Gasteiger partial charge in [0.1, 0.15) is 6.17 Å². The summed E-state index contributed by atoms with van der Waals surface area (Å²) in [4.78, 5) is 0. The quantitative estimate of drug-likeness (QED) is 0.456. The second-order valence-corrected chi connectivity index (χ2v) is 2.87. The first-order valence-corrected chi connectivity index (χ1v) is 3.43. The van der Waals surface area contributed by atoms with Crippen LogP contribution in [0.2, 0.25) is 0 Å². The number of halogens is 1. The van der Waals surface area contributed by atoms with Gasteiger partial charge in [-0.15, -0.1) is 0 Å². The van der Waals surface area contributed by atoms with Crippen LogP contribution in [0.15, 0.2) is 0 Å². The molecule has 0 aromatic carbocycles. The van der Waals surface area contributed by atoms with E-state index >= 15 is 0 Å². The van der Waals surface area contributed by atoms with Crippen LogP contribution in [-0.4, -0.2) is 6.17 Å². The van der Waals surface area contributed by atoms with E-state index < -0.39 is 6.17 Å². The Labute approximate surface area is 50.1 Å². The van der Waals surface area contributed by atoms with E-state index in [1.165, 1.54) is 6.42 Å². The molecule has 1 aliphatic rings. The molecule has 1 rings (SSSR count). The van der Waals surface area contributed by atoms with Gasteiger partial charge in [-0.1, -0.05) is 19.8 Å². The Morgan fingerprint density at radius 1 is 1.38 bits per heavy atom. The molecule has 1 aliphatic carbocycles. The largest absolute Gasteiger partial charge is 0.247 e. The van der Waals surface area contributed by atoms with Crippen molar-refractivity contribution < 1.29 is 4.39 Å². The van der Waals surface area contributed by atoms with Crippen LogP contribution >= 0.6 is 0 Å². The molecule has 1 fully saturated rings. The molecule has 2 unspecified atom stereocenters. The van der Waals surface area contributed by atoms with Crippen LogP contribution in [-0.2, 0) is 0 Å². The average Bonchev–Trinajstić information content (AvgIpc) is 1.64. The third-order valence-corrected chi connectivity index (χ3v) is 1.87. The predicted octanol–water partition coefficient (Wildman–Crippen LogP) is 2.53. The summed E-state index contributed by atoms with van der Waals surface area (Å²) >= 11 is 0. The Hall–Kier alpha value is -0.0700. The highest BCUT2D eigenvalue weighted by Crippen LogP contribution is 2.25. The zero-order valence-electron chi connectivity index (χ0n) is 5.36. The summed E-state index contributed by atoms with van der Waals surface area (Å²) in [6.45, 7) is 2.13. The van der Waals surface area contributed by atoms with Crippen molar-refractivity contribution in [1.29, 1.82) is 0 Å². The van der Waals surface area contributed by atoms with Gasteiger partial charge in [0.15, 0.2) is 0 Å². The van der Waals surface area contributed by atoms with E-state index in [-0.39, 0.29) is 0 Å². The smallest absolute Gasteiger partial charge is 0.100 e. The van der Waals surface area contributed by atoms with Crippen LogP contribution in [0.5, 0.6) is 0 Å². The van der Waals surface area contributed by atoms with Gasteiger partial charge in [0.05, 0.1) is 0 Å². The molecule has 0 aromatic rings. The molecule has 0 radical (unpaired) electrons. The van der Waals surface area contributed by atoms with Crippen molar-refractivity contribution in [1.82, 2.24) is 0 Å². The fraction of sp³-hybridized carbons (Fsp3) is 1.00. The SMILES string of the molecule is CC1CCCC(F)C1. The monoisotopic (exact) mass is 116 g/mol. The van der Waals surface area contributed by atoms with Gasteiger partial charge in [-0.05, 0) is 18.8 Å². The van der Waals surface area contributed by atoms with Gasteiger partial charge in [0.2, 0.25) is 0 Å². The summed E-state index contributed by atoms with van der Waals surface area (Å²) in [5.41, 5.74) is 0. The van der Waals surface area contributed by atoms with Crippen molar-refractivity contribution in [3.63, 3.8) is 0 Å². The first kappa shape index (κ1) is 6.06. The lowest BCUT2D eigenvalue weighted by atomic mass is 9.90. The Kier molecular flexibility index (Phi) is 1.87. The Balaban J connectivity index is 2.23. The topological polar surface area (TPSA) is 0 Å². The summed E-state index contributed by atoms with van der Waals surface area (Å²) in [7, 11) is 0. The van der Waals surface area contributed by atoms with E-state index in [1.807, 2.05) is 0 Å². The maximum absolute atomic E-state index is 12.4. The van der Waals surface area contributed by atoms with Crippen LogP contribution in [0.4, 0.5) is 4.39 Å². The fourth-order valence-corrected chi connectivity index (χ4v) is 1.36. The predicted molar refractivity (Wildman–Crippen MR) is 32.5 cm³/mol. The molecule has 48 valence electrons. The van der Waals surface area contributed by atoms with Crippen LogP contribution in [0, 0.1) is 5.92 Å². The lowest BCUT2D eigenvalue weighted by molar-refractivity contribution is 0.208. The van der Waals surface area contributed by atoms with Gasteiger partial charge in [0, 0.05) is 0 Å². The summed E-state index contributed by atoms with van der Waals surface area (Å²) < 4.78 is 12.4. The summed E-state index contributed by atoms with van der Waals surface area (Å²) in [5.74, 6) is 0.638. The van der Waals surface area contributed by atoms with E-state index in [1.54, 1.807) is 0 Å². The van der Waals surface area contributed by atoms with Crippen molar-refractivity contribution in [3.8, 4) is 0 Å². The molecule has 1 saturated carbocycles. The molecule has 2 atom stereocenters. The van der Waals surface area contributed by atoms with Gasteiger partial charge < -0.3 is 0 Å². The van der Waals surface area contributed by atoms with Crippen molar-refractivity contribution in [2.24, 2.45) is 5.92 Å². The van der Waals surface area contributed by atoms with E-state index in [9.17, 15) is 4.39 Å². The normalized spacial score (nSPS) is 39.8. The van der Waals surface area contributed by atoms with Gasteiger partial charge in [-0.25, -0.2) is 4.39 Å². The minimum atomic E-state index is -0.487. The molecule has 0 bridgehead atoms. The highest BCUT2D eigenvalue weighted by atomic mass is 19.1. The van der Waals surface area contributed by atoms with Crippen molar-refractivity contribution in [2.45, 2.75) is 38.8 Å². The average molecular weight is 116 g/mol. The van der Waals surface area contributed by atoms with Crippen molar-refractivity contribution in [2.75, 3.05) is 0 Å². The molecule has 0 aromatic heterocycles. The minimum Gasteiger partial charge on any atom is -0.247 e. The maximum atomic E-state index is 12.4. The molecule has 0 spiro atoms. The third kappa shape index (κ3) is 1.46. The van der Waals surface area contributed by atoms with Gasteiger partial charge in [0.25, 0.3) is 0 Å². The third-order valence-electron chi connectivity index (χ3n) is 1.87. The highest BCUT2D eigenvalue weighted by Gasteiger charge is 2.16. The van der Waals surface area contributed by atoms with Gasteiger partial charge >= 0.3 is 0 Å². The maximum Gasteiger partial charge on any atom is 0.100 e. The second kappa shape index (κ2) is 2.47. The number of hydrogen-bond donors (Lipinski definition) is 0. The molecular weight excluding hydrogens is 103 g/mol. The standard InChI is InChI=1S/C7H13F/c1-6-3-2-4-7(8)5-6/h6-7H,2-5H2,1H3. The molecule has 8 heavy (non-hydrogen) atoms. The van der Waals surface area contributed by atoms with E-state index in [0.717, 1.165) is 19.3 Å². The lowest BCUT2D eigenvalue weighted by Crippen LogP contribution is -2.12. The highest BCUT2D eigenvalue weighted by molar-refractivity contribution is 4.68. The van der Waals surface area contributed by atoms with Crippen LogP contribution in [0.3, 0.4) is 0 Å². The van der Waals surface area contributed by atoms with Crippen molar-refractivity contribution in [3.05, 3.63) is 0 Å². The molecule has 0 saturated heterocycles. The summed E-state index contributed by atoms with van der Waals surface area (Å²) in [6, 6.07) is 0. The zero-order valence-corrected chi connectivity index (χ0v) is 5.36. The van der Waals surface area contributed by atoms with Gasteiger partial charge in [-0.3, -0.25) is 0 Å². The summed E-state index contributed by atoms with van der Waals surface area (Å²) in [5, 5.41) is 0. The van der Waals surface area contributed by atoms with E-state index in [0.29, 0.717) is 5.92 Å². The Morgan fingerprint density at radius 2 is 2.12 bits per heavy atom. The molecule has 0 N–H and O–H groups in total. The van der Waals surface area contributed by atoms with Crippen LogP contribution < -0.4 is 0 Å². The molecule has 1 heteroatoms. The zero-order chi connectivity index (χ0) is 5.98. The van der Waals surface area contributed by atoms with Gasteiger partial charge in [-0.2, -0.15) is 0 Å². The Bertz CT molecular complexity index is 62.8. The van der Waals surface area contributed by atoms with Crippen LogP contribution in [0.25, 0.3) is 0 Å². The van der Waals surface area contributed by atoms with Crippen LogP contribution in [0.1, 0.15) is 32.6 Å². The van der Waals surface area contributed by atoms with E-state index in [2.05, 4.69) is 6.92 Å². The second-order valence-electron chi connectivity index (χ2n) is 2.87. The minimum absolute atomic E-state index is 0.487. The van der Waals surface area contributed by atoms with Crippen molar-refractivity contribution >= 4 is 0 Å². The summed E-state index contributed by atoms with van der Waals surface area (Å²) in [6.07, 6.45) is 3.46. The van der Waals surface area contributed by atoms with E-state index in [4.69, 9.17) is 0 Å². The molecular formula is C7H13F. The molecule has 0 nitrogen and oxygen atoms in total. The number of alkyl halides is 1. The fourth-order valence-electron chi connectivity index (χ4n) is 1.36. The first-order chi connectivity index (χ1) is 3.79.